The van der Waals surface area contributed by atoms with Gasteiger partial charge in [-0.2, -0.15) is 0 Å². The standard InChI is InChI=1S/C18H13F3N2O2S/c1-22-18(25)16(9-5-6-12(20)13(21)7-9)23-17(24)15-8-10-11(19)3-2-4-14(10)26-15/h2-8,16H,1H3,(H,22,25)(H,23,24). The van der Waals surface area contributed by atoms with E-state index < -0.39 is 35.3 Å². The largest absolute Gasteiger partial charge is 0.357 e. The number of thiophene rings is 1. The molecule has 0 aliphatic carbocycles. The molecule has 2 amide bonds. The predicted molar refractivity (Wildman–Crippen MR) is 92.4 cm³/mol. The monoisotopic (exact) mass is 378 g/mol. The van der Waals surface area contributed by atoms with Gasteiger partial charge in [-0.05, 0) is 35.9 Å². The van der Waals surface area contributed by atoms with Gasteiger partial charge in [-0.1, -0.05) is 12.1 Å². The third kappa shape index (κ3) is 3.41. The molecule has 0 saturated carbocycles. The molecular formula is C18H13F3N2O2S. The quantitative estimate of drug-likeness (QED) is 0.730. The number of nitrogens with one attached hydrogen (secondary N) is 2. The average Bonchev–Trinajstić information content (AvgIpc) is 3.07. The molecule has 0 aliphatic rings. The first-order chi connectivity index (χ1) is 12.4. The molecular weight excluding hydrogens is 365 g/mol. The van der Waals surface area contributed by atoms with E-state index in [1.807, 2.05) is 0 Å². The van der Waals surface area contributed by atoms with Gasteiger partial charge in [0, 0.05) is 17.1 Å². The summed E-state index contributed by atoms with van der Waals surface area (Å²) >= 11 is 1.06. The topological polar surface area (TPSA) is 58.2 Å². The Morgan fingerprint density at radius 2 is 1.77 bits per heavy atom. The Kier molecular flexibility index (Phi) is 4.94. The van der Waals surface area contributed by atoms with Crippen LogP contribution in [0.2, 0.25) is 0 Å². The minimum Gasteiger partial charge on any atom is -0.357 e. The molecule has 0 aliphatic heterocycles. The summed E-state index contributed by atoms with van der Waals surface area (Å²) in [5, 5.41) is 5.14. The van der Waals surface area contributed by atoms with E-state index in [1.54, 1.807) is 6.07 Å². The van der Waals surface area contributed by atoms with Crippen LogP contribution in [0.5, 0.6) is 0 Å². The summed E-state index contributed by atoms with van der Waals surface area (Å²) in [4.78, 5) is 24.8. The fourth-order valence-electron chi connectivity index (χ4n) is 2.48. The molecule has 4 nitrogen and oxygen atoms in total. The molecule has 1 heterocycles. The molecule has 1 aromatic heterocycles. The van der Waals surface area contributed by atoms with E-state index in [1.165, 1.54) is 31.3 Å². The second-order valence-corrected chi connectivity index (χ2v) is 6.54. The number of benzene rings is 2. The highest BCUT2D eigenvalue weighted by Gasteiger charge is 2.24. The van der Waals surface area contributed by atoms with Crippen LogP contribution >= 0.6 is 11.3 Å². The Balaban J connectivity index is 1.92. The maximum atomic E-state index is 13.8. The van der Waals surface area contributed by atoms with Crippen LogP contribution in [-0.2, 0) is 4.79 Å². The first-order valence-corrected chi connectivity index (χ1v) is 8.38. The normalized spacial score (nSPS) is 12.0. The smallest absolute Gasteiger partial charge is 0.262 e. The highest BCUT2D eigenvalue weighted by Crippen LogP contribution is 2.28. The predicted octanol–water partition coefficient (Wildman–Crippen LogP) is 3.54. The molecule has 2 aromatic carbocycles. The summed E-state index contributed by atoms with van der Waals surface area (Å²) in [7, 11) is 1.36. The van der Waals surface area contributed by atoms with Crippen LogP contribution in [0.1, 0.15) is 21.3 Å². The van der Waals surface area contributed by atoms with Crippen LogP contribution in [0.25, 0.3) is 10.1 Å². The molecule has 0 saturated heterocycles. The Morgan fingerprint density at radius 1 is 1.00 bits per heavy atom. The van der Waals surface area contributed by atoms with Crippen molar-refractivity contribution in [1.29, 1.82) is 0 Å². The van der Waals surface area contributed by atoms with Gasteiger partial charge in [0.2, 0.25) is 5.91 Å². The zero-order valence-corrected chi connectivity index (χ0v) is 14.3. The zero-order chi connectivity index (χ0) is 18.8. The summed E-state index contributed by atoms with van der Waals surface area (Å²) < 4.78 is 41.0. The van der Waals surface area contributed by atoms with Crippen LogP contribution < -0.4 is 10.6 Å². The summed E-state index contributed by atoms with van der Waals surface area (Å²) in [5.74, 6) is -3.87. The zero-order valence-electron chi connectivity index (χ0n) is 13.5. The maximum Gasteiger partial charge on any atom is 0.262 e. The molecule has 0 radical (unpaired) electrons. The van der Waals surface area contributed by atoms with Gasteiger partial charge in [0.15, 0.2) is 11.6 Å². The fraction of sp³-hybridized carbons (Fsp3) is 0.111. The number of hydrogen-bond donors (Lipinski definition) is 2. The molecule has 1 atom stereocenters. The molecule has 3 rings (SSSR count). The average molecular weight is 378 g/mol. The highest BCUT2D eigenvalue weighted by atomic mass is 32.1. The fourth-order valence-corrected chi connectivity index (χ4v) is 3.45. The number of halogens is 3. The second kappa shape index (κ2) is 7.17. The van der Waals surface area contributed by atoms with E-state index in [4.69, 9.17) is 0 Å². The molecule has 26 heavy (non-hydrogen) atoms. The summed E-state index contributed by atoms with van der Waals surface area (Å²) in [6.45, 7) is 0. The van der Waals surface area contributed by atoms with Crippen molar-refractivity contribution in [3.8, 4) is 0 Å². The lowest BCUT2D eigenvalue weighted by atomic mass is 10.1. The van der Waals surface area contributed by atoms with Gasteiger partial charge in [0.1, 0.15) is 11.9 Å². The van der Waals surface area contributed by atoms with Gasteiger partial charge < -0.3 is 10.6 Å². The van der Waals surface area contributed by atoms with Crippen LogP contribution in [0, 0.1) is 17.5 Å². The number of hydrogen-bond acceptors (Lipinski definition) is 3. The van der Waals surface area contributed by atoms with Crippen molar-refractivity contribution in [3.63, 3.8) is 0 Å². The number of rotatable bonds is 4. The number of carbonyl (C=O) groups is 2. The van der Waals surface area contributed by atoms with E-state index in [9.17, 15) is 22.8 Å². The van der Waals surface area contributed by atoms with E-state index in [0.29, 0.717) is 10.1 Å². The Labute approximate surface area is 150 Å². The third-order valence-corrected chi connectivity index (χ3v) is 4.89. The van der Waals surface area contributed by atoms with Crippen LogP contribution in [0.3, 0.4) is 0 Å². The van der Waals surface area contributed by atoms with Crippen molar-refractivity contribution < 1.29 is 22.8 Å². The summed E-state index contributed by atoms with van der Waals surface area (Å²) in [6.07, 6.45) is 0. The van der Waals surface area contributed by atoms with Crippen molar-refractivity contribution in [1.82, 2.24) is 10.6 Å². The summed E-state index contributed by atoms with van der Waals surface area (Å²) in [5.41, 5.74) is 0.0869. The molecule has 1 unspecified atom stereocenters. The van der Waals surface area contributed by atoms with E-state index >= 15 is 0 Å². The Bertz CT molecular complexity index is 1000. The molecule has 0 fully saturated rings. The Hall–Kier alpha value is -2.87. The lowest BCUT2D eigenvalue weighted by Crippen LogP contribution is -2.38. The summed E-state index contributed by atoms with van der Waals surface area (Å²) in [6, 6.07) is 7.58. The van der Waals surface area contributed by atoms with Crippen molar-refractivity contribution >= 4 is 33.2 Å². The minimum absolute atomic E-state index is 0.0869. The molecule has 3 aromatic rings. The molecule has 134 valence electrons. The van der Waals surface area contributed by atoms with Gasteiger partial charge >= 0.3 is 0 Å². The molecule has 0 bridgehead atoms. The molecule has 0 spiro atoms. The third-order valence-electron chi connectivity index (χ3n) is 3.79. The van der Waals surface area contributed by atoms with Crippen molar-refractivity contribution in [2.75, 3.05) is 7.05 Å². The first kappa shape index (κ1) is 17.9. The molecule has 8 heteroatoms. The second-order valence-electron chi connectivity index (χ2n) is 5.46. The highest BCUT2D eigenvalue weighted by molar-refractivity contribution is 7.20. The number of fused-ring (bicyclic) bond motifs is 1. The van der Waals surface area contributed by atoms with Crippen molar-refractivity contribution in [2.24, 2.45) is 0 Å². The van der Waals surface area contributed by atoms with E-state index in [-0.39, 0.29) is 10.4 Å². The SMILES string of the molecule is CNC(=O)C(NC(=O)c1cc2c(F)cccc2s1)c1ccc(F)c(F)c1. The first-order valence-electron chi connectivity index (χ1n) is 7.56. The van der Waals surface area contributed by atoms with Gasteiger partial charge in [-0.3, -0.25) is 9.59 Å². The van der Waals surface area contributed by atoms with E-state index in [2.05, 4.69) is 10.6 Å². The lowest BCUT2D eigenvalue weighted by molar-refractivity contribution is -0.122. The minimum atomic E-state index is -1.22. The van der Waals surface area contributed by atoms with Crippen LogP contribution in [0.15, 0.2) is 42.5 Å². The van der Waals surface area contributed by atoms with Crippen molar-refractivity contribution in [3.05, 3.63) is 70.4 Å². The van der Waals surface area contributed by atoms with Gasteiger partial charge in [-0.25, -0.2) is 13.2 Å². The number of likely N-dealkylation sites (N-methyl/N-ethyl adjacent to an activating group) is 1. The number of amides is 2. The van der Waals surface area contributed by atoms with Crippen LogP contribution in [-0.4, -0.2) is 18.9 Å². The van der Waals surface area contributed by atoms with Gasteiger partial charge in [0.05, 0.1) is 4.88 Å². The van der Waals surface area contributed by atoms with Crippen LogP contribution in [0.4, 0.5) is 13.2 Å². The van der Waals surface area contributed by atoms with Gasteiger partial charge in [-0.15, -0.1) is 11.3 Å². The van der Waals surface area contributed by atoms with E-state index in [0.717, 1.165) is 23.5 Å². The lowest BCUT2D eigenvalue weighted by Gasteiger charge is -2.17. The molecule has 2 N–H and O–H groups in total. The maximum absolute atomic E-state index is 13.8. The van der Waals surface area contributed by atoms with Crippen molar-refractivity contribution in [2.45, 2.75) is 6.04 Å². The number of carbonyl (C=O) groups excluding carboxylic acids is 2. The van der Waals surface area contributed by atoms with Gasteiger partial charge in [0.25, 0.3) is 5.91 Å². The Morgan fingerprint density at radius 3 is 2.42 bits per heavy atom.